The van der Waals surface area contributed by atoms with Crippen LogP contribution in [0.2, 0.25) is 10.0 Å². The van der Waals surface area contributed by atoms with Crippen molar-refractivity contribution in [2.45, 2.75) is 31.9 Å². The number of ether oxygens (including phenoxy) is 1. The molecule has 2 N–H and O–H groups in total. The minimum atomic E-state index is -0.598. The van der Waals surface area contributed by atoms with Gasteiger partial charge in [-0.05, 0) is 38.0 Å². The van der Waals surface area contributed by atoms with Crippen LogP contribution in [0.25, 0.3) is 0 Å². The minimum absolute atomic E-state index is 0. The quantitative estimate of drug-likeness (QED) is 0.908. The van der Waals surface area contributed by atoms with Crippen LogP contribution in [0, 0.1) is 0 Å². The Labute approximate surface area is 140 Å². The lowest BCUT2D eigenvalue weighted by Crippen LogP contribution is -2.49. The Hall–Kier alpha value is -0.680. The third-order valence-corrected chi connectivity index (χ3v) is 3.85. The van der Waals surface area contributed by atoms with Crippen LogP contribution in [0.15, 0.2) is 18.2 Å². The van der Waals surface area contributed by atoms with Crippen LogP contribution in [0.5, 0.6) is 5.75 Å². The number of carbonyl (C=O) groups is 1. The molecule has 1 amide bonds. The first-order valence-corrected chi connectivity index (χ1v) is 7.39. The van der Waals surface area contributed by atoms with Crippen molar-refractivity contribution in [2.24, 2.45) is 5.73 Å². The van der Waals surface area contributed by atoms with Gasteiger partial charge < -0.3 is 15.4 Å². The Balaban J connectivity index is 0.00000220. The Bertz CT molecular complexity index is 499. The molecule has 2 rings (SSSR count). The summed E-state index contributed by atoms with van der Waals surface area (Å²) >= 11 is 11.9. The van der Waals surface area contributed by atoms with E-state index in [0.29, 0.717) is 22.3 Å². The zero-order valence-corrected chi connectivity index (χ0v) is 14.0. The molecule has 0 bridgehead atoms. The summed E-state index contributed by atoms with van der Waals surface area (Å²) in [6.07, 6.45) is 1.29. The average Bonchev–Trinajstić information content (AvgIpc) is 2.41. The number of likely N-dealkylation sites (tertiary alicyclic amines) is 1. The number of rotatable bonds is 3. The number of halogens is 3. The van der Waals surface area contributed by atoms with Gasteiger partial charge in [-0.2, -0.15) is 0 Å². The average molecular weight is 354 g/mol. The van der Waals surface area contributed by atoms with Crippen molar-refractivity contribution >= 4 is 41.5 Å². The summed E-state index contributed by atoms with van der Waals surface area (Å²) in [5.74, 6) is 0.393. The van der Waals surface area contributed by atoms with E-state index in [1.54, 1.807) is 30.0 Å². The zero-order valence-electron chi connectivity index (χ0n) is 11.7. The van der Waals surface area contributed by atoms with Crippen LogP contribution in [0.3, 0.4) is 0 Å². The van der Waals surface area contributed by atoms with Crippen LogP contribution in [0.1, 0.15) is 19.8 Å². The van der Waals surface area contributed by atoms with Gasteiger partial charge in [-0.1, -0.05) is 23.2 Å². The van der Waals surface area contributed by atoms with Gasteiger partial charge in [0.15, 0.2) is 6.10 Å². The fourth-order valence-electron chi connectivity index (χ4n) is 2.28. The molecule has 2 atom stereocenters. The molecule has 0 aliphatic carbocycles. The van der Waals surface area contributed by atoms with Crippen LogP contribution in [-0.4, -0.2) is 36.0 Å². The van der Waals surface area contributed by atoms with Crippen molar-refractivity contribution in [3.8, 4) is 5.75 Å². The molecule has 0 spiro atoms. The monoisotopic (exact) mass is 352 g/mol. The number of piperidine rings is 1. The lowest BCUT2D eigenvalue weighted by molar-refractivity contribution is -0.139. The van der Waals surface area contributed by atoms with E-state index < -0.39 is 6.10 Å². The van der Waals surface area contributed by atoms with Crippen molar-refractivity contribution in [1.29, 1.82) is 0 Å². The van der Waals surface area contributed by atoms with Crippen LogP contribution < -0.4 is 10.5 Å². The minimum Gasteiger partial charge on any atom is -0.479 e. The second kappa shape index (κ2) is 8.08. The molecule has 1 aromatic rings. The highest BCUT2D eigenvalue weighted by Gasteiger charge is 2.26. The number of carbonyl (C=O) groups excluding carboxylic acids is 1. The molecule has 7 heteroatoms. The van der Waals surface area contributed by atoms with E-state index in [-0.39, 0.29) is 24.4 Å². The molecule has 1 fully saturated rings. The molecule has 1 aromatic carbocycles. The summed E-state index contributed by atoms with van der Waals surface area (Å²) in [7, 11) is 0. The first kappa shape index (κ1) is 18.4. The van der Waals surface area contributed by atoms with Crippen molar-refractivity contribution in [3.05, 3.63) is 28.2 Å². The highest BCUT2D eigenvalue weighted by Crippen LogP contribution is 2.28. The maximum absolute atomic E-state index is 12.3. The SMILES string of the molecule is CC(Oc1ccc(Cl)cc1Cl)C(=O)N1CCCC(N)C1.Cl. The zero-order chi connectivity index (χ0) is 14.7. The van der Waals surface area contributed by atoms with Crippen LogP contribution in [0.4, 0.5) is 0 Å². The normalized spacial score (nSPS) is 19.6. The number of nitrogens with two attached hydrogens (primary N) is 1. The maximum Gasteiger partial charge on any atom is 0.263 e. The van der Waals surface area contributed by atoms with E-state index in [1.165, 1.54) is 0 Å². The van der Waals surface area contributed by atoms with Gasteiger partial charge in [0.1, 0.15) is 5.75 Å². The topological polar surface area (TPSA) is 55.6 Å². The molecule has 118 valence electrons. The Morgan fingerprint density at radius 1 is 1.48 bits per heavy atom. The van der Waals surface area contributed by atoms with Gasteiger partial charge in [-0.25, -0.2) is 0 Å². The van der Waals surface area contributed by atoms with E-state index in [1.807, 2.05) is 0 Å². The molecular weight excluding hydrogens is 335 g/mol. The smallest absolute Gasteiger partial charge is 0.263 e. The molecule has 0 radical (unpaired) electrons. The van der Waals surface area contributed by atoms with Crippen molar-refractivity contribution in [1.82, 2.24) is 4.90 Å². The second-order valence-corrected chi connectivity index (χ2v) is 5.87. The van der Waals surface area contributed by atoms with Gasteiger partial charge >= 0.3 is 0 Å². The van der Waals surface area contributed by atoms with E-state index >= 15 is 0 Å². The standard InChI is InChI=1S/C14H18Cl2N2O2.ClH/c1-9(14(19)18-6-2-3-11(17)8-18)20-13-5-4-10(15)7-12(13)16;/h4-5,7,9,11H,2-3,6,8,17H2,1H3;1H. The Morgan fingerprint density at radius 2 is 2.19 bits per heavy atom. The third-order valence-electron chi connectivity index (χ3n) is 3.31. The number of hydrogen-bond acceptors (Lipinski definition) is 3. The lowest BCUT2D eigenvalue weighted by Gasteiger charge is -2.32. The number of amides is 1. The van der Waals surface area contributed by atoms with E-state index in [0.717, 1.165) is 19.4 Å². The molecule has 0 saturated carbocycles. The number of nitrogens with zero attached hydrogens (tertiary/aromatic N) is 1. The molecule has 1 heterocycles. The number of benzene rings is 1. The Kier molecular flexibility index (Phi) is 7.07. The van der Waals surface area contributed by atoms with Gasteiger partial charge in [0.05, 0.1) is 5.02 Å². The highest BCUT2D eigenvalue weighted by molar-refractivity contribution is 6.35. The molecule has 2 unspecified atom stereocenters. The van der Waals surface area contributed by atoms with Crippen molar-refractivity contribution < 1.29 is 9.53 Å². The van der Waals surface area contributed by atoms with Crippen LogP contribution >= 0.6 is 35.6 Å². The molecular formula is C14H19Cl3N2O2. The van der Waals surface area contributed by atoms with Gasteiger partial charge in [-0.3, -0.25) is 4.79 Å². The molecule has 1 aliphatic heterocycles. The van der Waals surface area contributed by atoms with Gasteiger partial charge in [0, 0.05) is 24.2 Å². The van der Waals surface area contributed by atoms with E-state index in [2.05, 4.69) is 0 Å². The third kappa shape index (κ3) is 4.92. The summed E-state index contributed by atoms with van der Waals surface area (Å²) in [4.78, 5) is 14.1. The summed E-state index contributed by atoms with van der Waals surface area (Å²) in [6, 6.07) is 4.98. The first-order chi connectivity index (χ1) is 9.47. The predicted molar refractivity (Wildman–Crippen MR) is 87.6 cm³/mol. The van der Waals surface area contributed by atoms with Crippen LogP contribution in [-0.2, 0) is 4.79 Å². The lowest BCUT2D eigenvalue weighted by atomic mass is 10.1. The summed E-state index contributed by atoms with van der Waals surface area (Å²) < 4.78 is 5.63. The van der Waals surface area contributed by atoms with Gasteiger partial charge in [-0.15, -0.1) is 12.4 Å². The first-order valence-electron chi connectivity index (χ1n) is 6.63. The molecule has 1 aliphatic rings. The summed E-state index contributed by atoms with van der Waals surface area (Å²) in [5.41, 5.74) is 5.89. The summed E-state index contributed by atoms with van der Waals surface area (Å²) in [6.45, 7) is 3.03. The molecule has 4 nitrogen and oxygen atoms in total. The van der Waals surface area contributed by atoms with Crippen molar-refractivity contribution in [3.63, 3.8) is 0 Å². The van der Waals surface area contributed by atoms with Gasteiger partial charge in [0.25, 0.3) is 5.91 Å². The predicted octanol–water partition coefficient (Wildman–Crippen LogP) is 3.13. The fourth-order valence-corrected chi connectivity index (χ4v) is 2.73. The van der Waals surface area contributed by atoms with E-state index in [9.17, 15) is 4.79 Å². The highest BCUT2D eigenvalue weighted by atomic mass is 35.5. The summed E-state index contributed by atoms with van der Waals surface area (Å²) in [5, 5.41) is 0.927. The fraction of sp³-hybridized carbons (Fsp3) is 0.500. The Morgan fingerprint density at radius 3 is 2.81 bits per heavy atom. The maximum atomic E-state index is 12.3. The second-order valence-electron chi connectivity index (χ2n) is 5.02. The largest absolute Gasteiger partial charge is 0.479 e. The molecule has 0 aromatic heterocycles. The van der Waals surface area contributed by atoms with E-state index in [4.69, 9.17) is 33.7 Å². The molecule has 1 saturated heterocycles. The number of hydrogen-bond donors (Lipinski definition) is 1. The van der Waals surface area contributed by atoms with Crippen molar-refractivity contribution in [2.75, 3.05) is 13.1 Å². The van der Waals surface area contributed by atoms with Gasteiger partial charge in [0.2, 0.25) is 0 Å². The molecule has 21 heavy (non-hydrogen) atoms.